The molecule has 122 valence electrons. The second kappa shape index (κ2) is 6.37. The van der Waals surface area contributed by atoms with E-state index < -0.39 is 0 Å². The van der Waals surface area contributed by atoms with Gasteiger partial charge in [0.15, 0.2) is 0 Å². The summed E-state index contributed by atoms with van der Waals surface area (Å²) in [5, 5.41) is 16.8. The zero-order valence-electron chi connectivity index (χ0n) is 13.0. The van der Waals surface area contributed by atoms with E-state index in [1.54, 1.807) is 12.3 Å². The number of hydrogen-bond donors (Lipinski definition) is 3. The van der Waals surface area contributed by atoms with E-state index in [1.165, 1.54) is 4.68 Å². The molecule has 2 aromatic rings. The Bertz CT molecular complexity index is 679. The largest absolute Gasteiger partial charge is 0.393 e. The molecule has 3 rings (SSSR count). The van der Waals surface area contributed by atoms with Gasteiger partial charge in [-0.2, -0.15) is 5.10 Å². The van der Waals surface area contributed by atoms with Crippen LogP contribution in [0.15, 0.2) is 30.5 Å². The molecular weight excluding hydrogens is 294 g/mol. The molecule has 0 unspecified atom stereocenters. The van der Waals surface area contributed by atoms with Gasteiger partial charge in [-0.05, 0) is 37.8 Å². The molecule has 7 nitrogen and oxygen atoms in total. The number of anilines is 1. The minimum atomic E-state index is -0.285. The van der Waals surface area contributed by atoms with E-state index in [4.69, 9.17) is 5.73 Å². The first kappa shape index (κ1) is 15.5. The molecule has 2 aromatic heterocycles. The highest BCUT2D eigenvalue weighted by Crippen LogP contribution is 2.37. The Labute approximate surface area is 134 Å². The fourth-order valence-corrected chi connectivity index (χ4v) is 2.94. The number of aromatic nitrogens is 3. The quantitative estimate of drug-likeness (QED) is 0.756. The van der Waals surface area contributed by atoms with E-state index in [2.05, 4.69) is 15.4 Å². The Morgan fingerprint density at radius 3 is 2.87 bits per heavy atom. The number of pyridine rings is 1. The SMILES string of the molecule is Cc1cc(N)n(CC(=O)N[C@@H](c2ccccn2)C2CC(O)C2)n1. The van der Waals surface area contributed by atoms with Crippen LogP contribution in [0.4, 0.5) is 5.82 Å². The number of carbonyl (C=O) groups is 1. The lowest BCUT2D eigenvalue weighted by molar-refractivity contribution is -0.123. The first-order valence-corrected chi connectivity index (χ1v) is 7.71. The molecule has 0 radical (unpaired) electrons. The first-order valence-electron chi connectivity index (χ1n) is 7.71. The second-order valence-electron chi connectivity index (χ2n) is 6.05. The van der Waals surface area contributed by atoms with Crippen molar-refractivity contribution >= 4 is 11.7 Å². The van der Waals surface area contributed by atoms with Crippen LogP contribution in [-0.4, -0.2) is 31.9 Å². The topological polar surface area (TPSA) is 106 Å². The van der Waals surface area contributed by atoms with Crippen molar-refractivity contribution in [3.05, 3.63) is 41.9 Å². The van der Waals surface area contributed by atoms with Gasteiger partial charge in [0.25, 0.3) is 0 Å². The summed E-state index contributed by atoms with van der Waals surface area (Å²) in [4.78, 5) is 16.7. The van der Waals surface area contributed by atoms with Crippen LogP contribution in [0.2, 0.25) is 0 Å². The van der Waals surface area contributed by atoms with Crippen LogP contribution in [-0.2, 0) is 11.3 Å². The number of carbonyl (C=O) groups excluding carboxylic acids is 1. The highest BCUT2D eigenvalue weighted by molar-refractivity contribution is 5.76. The number of aliphatic hydroxyl groups is 1. The molecule has 1 aliphatic rings. The summed E-state index contributed by atoms with van der Waals surface area (Å²) in [6.45, 7) is 1.90. The summed E-state index contributed by atoms with van der Waals surface area (Å²) in [6.07, 6.45) is 2.76. The van der Waals surface area contributed by atoms with Gasteiger partial charge >= 0.3 is 0 Å². The van der Waals surface area contributed by atoms with Gasteiger partial charge in [0, 0.05) is 12.3 Å². The molecular formula is C16H21N5O2. The third-order valence-electron chi connectivity index (χ3n) is 4.17. The summed E-state index contributed by atoms with van der Waals surface area (Å²) >= 11 is 0. The highest BCUT2D eigenvalue weighted by Gasteiger charge is 2.36. The third-order valence-corrected chi connectivity index (χ3v) is 4.17. The summed E-state index contributed by atoms with van der Waals surface area (Å²) in [5.74, 6) is 0.489. The molecule has 2 heterocycles. The molecule has 0 spiro atoms. The molecule has 0 aliphatic heterocycles. The van der Waals surface area contributed by atoms with Gasteiger partial charge < -0.3 is 16.2 Å². The van der Waals surface area contributed by atoms with Crippen LogP contribution in [0.25, 0.3) is 0 Å². The van der Waals surface area contributed by atoms with Crippen molar-refractivity contribution in [1.82, 2.24) is 20.1 Å². The maximum absolute atomic E-state index is 12.4. The van der Waals surface area contributed by atoms with Gasteiger partial charge in [-0.3, -0.25) is 9.78 Å². The lowest BCUT2D eigenvalue weighted by Gasteiger charge is -2.37. The average molecular weight is 315 g/mol. The zero-order valence-corrected chi connectivity index (χ0v) is 13.0. The van der Waals surface area contributed by atoms with Gasteiger partial charge in [-0.15, -0.1) is 0 Å². The van der Waals surface area contributed by atoms with Crippen molar-refractivity contribution in [3.63, 3.8) is 0 Å². The number of aliphatic hydroxyl groups excluding tert-OH is 1. The first-order chi connectivity index (χ1) is 11.0. The van der Waals surface area contributed by atoms with Crippen LogP contribution in [0, 0.1) is 12.8 Å². The fourth-order valence-electron chi connectivity index (χ4n) is 2.94. The van der Waals surface area contributed by atoms with Crippen molar-refractivity contribution in [1.29, 1.82) is 0 Å². The Kier molecular flexibility index (Phi) is 4.29. The van der Waals surface area contributed by atoms with Crippen LogP contribution in [0.3, 0.4) is 0 Å². The van der Waals surface area contributed by atoms with Crippen molar-refractivity contribution in [2.24, 2.45) is 5.92 Å². The third kappa shape index (κ3) is 3.50. The molecule has 1 saturated carbocycles. The minimum absolute atomic E-state index is 0.0677. The monoisotopic (exact) mass is 315 g/mol. The Balaban J connectivity index is 1.71. The van der Waals surface area contributed by atoms with Crippen molar-refractivity contribution in [3.8, 4) is 0 Å². The number of amides is 1. The maximum atomic E-state index is 12.4. The van der Waals surface area contributed by atoms with E-state index >= 15 is 0 Å². The van der Waals surface area contributed by atoms with Gasteiger partial charge in [-0.25, -0.2) is 4.68 Å². The van der Waals surface area contributed by atoms with Gasteiger partial charge in [-0.1, -0.05) is 6.07 Å². The number of nitrogens with one attached hydrogen (secondary N) is 1. The number of nitrogens with zero attached hydrogens (tertiary/aromatic N) is 3. The van der Waals surface area contributed by atoms with Crippen LogP contribution in [0.1, 0.15) is 30.3 Å². The lowest BCUT2D eigenvalue weighted by Crippen LogP contribution is -2.42. The molecule has 1 aliphatic carbocycles. The highest BCUT2D eigenvalue weighted by atomic mass is 16.3. The van der Waals surface area contributed by atoms with E-state index in [-0.39, 0.29) is 30.5 Å². The second-order valence-corrected chi connectivity index (χ2v) is 6.05. The Hall–Kier alpha value is -2.41. The van der Waals surface area contributed by atoms with Gasteiger partial charge in [0.05, 0.1) is 23.5 Å². The van der Waals surface area contributed by atoms with Crippen molar-refractivity contribution in [2.45, 2.75) is 38.5 Å². The minimum Gasteiger partial charge on any atom is -0.393 e. The van der Waals surface area contributed by atoms with Crippen molar-refractivity contribution < 1.29 is 9.90 Å². The van der Waals surface area contributed by atoms with Crippen LogP contribution >= 0.6 is 0 Å². The Morgan fingerprint density at radius 2 is 2.30 bits per heavy atom. The summed E-state index contributed by atoms with van der Waals surface area (Å²) in [6, 6.07) is 7.15. The van der Waals surface area contributed by atoms with E-state index in [0.29, 0.717) is 18.7 Å². The van der Waals surface area contributed by atoms with Gasteiger partial charge in [0.2, 0.25) is 5.91 Å². The molecule has 0 aromatic carbocycles. The molecule has 4 N–H and O–H groups in total. The number of hydrogen-bond acceptors (Lipinski definition) is 5. The number of nitrogen functional groups attached to an aromatic ring is 1. The molecule has 23 heavy (non-hydrogen) atoms. The predicted molar refractivity (Wildman–Crippen MR) is 85.2 cm³/mol. The molecule has 0 saturated heterocycles. The molecule has 7 heteroatoms. The van der Waals surface area contributed by atoms with Crippen molar-refractivity contribution in [2.75, 3.05) is 5.73 Å². The number of aryl methyl sites for hydroxylation is 1. The fraction of sp³-hybridized carbons (Fsp3) is 0.438. The molecule has 0 bridgehead atoms. The lowest BCUT2D eigenvalue weighted by atomic mass is 9.76. The summed E-state index contributed by atoms with van der Waals surface area (Å²) in [5.41, 5.74) is 7.41. The number of rotatable bonds is 5. The standard InChI is InChI=1S/C16H21N5O2/c1-10-6-14(17)21(20-10)9-15(23)19-16(11-7-12(22)8-11)13-4-2-3-5-18-13/h2-6,11-12,16,22H,7-9,17H2,1H3,(H,19,23)/t11?,12?,16-/m1/s1. The summed E-state index contributed by atoms with van der Waals surface area (Å²) < 4.78 is 1.48. The van der Waals surface area contributed by atoms with E-state index in [1.807, 2.05) is 25.1 Å². The smallest absolute Gasteiger partial charge is 0.242 e. The Morgan fingerprint density at radius 1 is 1.52 bits per heavy atom. The normalized spacial score (nSPS) is 21.5. The maximum Gasteiger partial charge on any atom is 0.242 e. The van der Waals surface area contributed by atoms with Crippen LogP contribution in [0.5, 0.6) is 0 Å². The van der Waals surface area contributed by atoms with Gasteiger partial charge in [0.1, 0.15) is 12.4 Å². The molecule has 1 atom stereocenters. The zero-order chi connectivity index (χ0) is 16.4. The predicted octanol–water partition coefficient (Wildman–Crippen LogP) is 0.797. The summed E-state index contributed by atoms with van der Waals surface area (Å²) in [7, 11) is 0. The average Bonchev–Trinajstić information content (AvgIpc) is 2.80. The van der Waals surface area contributed by atoms with E-state index in [9.17, 15) is 9.90 Å². The molecule has 1 amide bonds. The number of nitrogens with two attached hydrogens (primary N) is 1. The molecule has 1 fully saturated rings. The van der Waals surface area contributed by atoms with E-state index in [0.717, 1.165) is 11.4 Å². The van der Waals surface area contributed by atoms with Crippen LogP contribution < -0.4 is 11.1 Å².